The van der Waals surface area contributed by atoms with Gasteiger partial charge in [0.25, 0.3) is 0 Å². The van der Waals surface area contributed by atoms with E-state index in [-0.39, 0.29) is 12.8 Å². The molecule has 4 heteroatoms. The van der Waals surface area contributed by atoms with Crippen LogP contribution in [-0.2, 0) is 0 Å². The Morgan fingerprint density at radius 3 is 2.25 bits per heavy atom. The Labute approximate surface area is 119 Å². The second-order valence-corrected chi connectivity index (χ2v) is 4.16. The highest BCUT2D eigenvalue weighted by Gasteiger charge is 2.12. The Morgan fingerprint density at radius 2 is 1.65 bits per heavy atom. The summed E-state index contributed by atoms with van der Waals surface area (Å²) in [6, 6.07) is 18.8. The first kappa shape index (κ1) is 13.9. The van der Waals surface area contributed by atoms with Gasteiger partial charge in [0, 0.05) is 12.2 Å². The lowest BCUT2D eigenvalue weighted by molar-refractivity contribution is 0.229. The second-order valence-electron chi connectivity index (χ2n) is 4.16. The molecule has 0 heterocycles. The summed E-state index contributed by atoms with van der Waals surface area (Å²) in [5, 5.41) is 2.75. The maximum Gasteiger partial charge on any atom is 0.324 e. The lowest BCUT2D eigenvalue weighted by Gasteiger charge is -2.21. The lowest BCUT2D eigenvalue weighted by atomic mass is 10.3. The fourth-order valence-corrected chi connectivity index (χ4v) is 1.84. The minimum Gasteiger partial charge on any atom is -0.473 e. The van der Waals surface area contributed by atoms with E-state index in [0.29, 0.717) is 6.54 Å². The van der Waals surface area contributed by atoms with Crippen molar-refractivity contribution in [3.8, 4) is 5.75 Å². The number of amides is 2. The van der Waals surface area contributed by atoms with Gasteiger partial charge in [-0.2, -0.15) is 0 Å². The van der Waals surface area contributed by atoms with Crippen LogP contribution in [0.3, 0.4) is 0 Å². The monoisotopic (exact) mass is 270 g/mol. The first-order valence-electron chi connectivity index (χ1n) is 6.59. The van der Waals surface area contributed by atoms with E-state index < -0.39 is 0 Å². The van der Waals surface area contributed by atoms with Crippen molar-refractivity contribution in [3.05, 3.63) is 60.7 Å². The number of anilines is 1. The molecule has 0 aliphatic carbocycles. The first-order chi connectivity index (χ1) is 9.81. The zero-order chi connectivity index (χ0) is 14.2. The van der Waals surface area contributed by atoms with Gasteiger partial charge in [-0.25, -0.2) is 4.79 Å². The largest absolute Gasteiger partial charge is 0.473 e. The minimum absolute atomic E-state index is 0.145. The number of benzene rings is 2. The molecule has 0 fully saturated rings. The summed E-state index contributed by atoms with van der Waals surface area (Å²) in [5.74, 6) is 0.732. The van der Waals surface area contributed by atoms with Crippen LogP contribution in [0.5, 0.6) is 5.75 Å². The van der Waals surface area contributed by atoms with Crippen LogP contribution >= 0.6 is 0 Å². The first-order valence-corrected chi connectivity index (χ1v) is 6.59. The third kappa shape index (κ3) is 3.75. The van der Waals surface area contributed by atoms with Gasteiger partial charge < -0.3 is 10.1 Å². The summed E-state index contributed by atoms with van der Waals surface area (Å²) in [4.78, 5) is 13.8. The second kappa shape index (κ2) is 7.19. The number of rotatable bonds is 5. The minimum atomic E-state index is -0.172. The smallest absolute Gasteiger partial charge is 0.324 e. The normalized spacial score (nSPS) is 9.85. The molecule has 2 amide bonds. The number of hydrogen-bond donors (Lipinski definition) is 1. The van der Waals surface area contributed by atoms with E-state index in [1.165, 1.54) is 0 Å². The van der Waals surface area contributed by atoms with Crippen LogP contribution in [0.25, 0.3) is 0 Å². The van der Waals surface area contributed by atoms with Crippen LogP contribution in [-0.4, -0.2) is 19.3 Å². The van der Waals surface area contributed by atoms with Crippen LogP contribution in [0.15, 0.2) is 60.7 Å². The Balaban J connectivity index is 1.87. The molecule has 0 spiro atoms. The third-order valence-electron chi connectivity index (χ3n) is 2.83. The molecule has 0 saturated carbocycles. The van der Waals surface area contributed by atoms with Crippen molar-refractivity contribution in [2.24, 2.45) is 0 Å². The molecule has 104 valence electrons. The van der Waals surface area contributed by atoms with Crippen LogP contribution < -0.4 is 15.0 Å². The molecule has 0 unspecified atom stereocenters. The summed E-state index contributed by atoms with van der Waals surface area (Å²) >= 11 is 0. The average molecular weight is 270 g/mol. The molecule has 2 aromatic carbocycles. The van der Waals surface area contributed by atoms with Crippen molar-refractivity contribution in [2.75, 3.05) is 18.2 Å². The van der Waals surface area contributed by atoms with Crippen molar-refractivity contribution >= 4 is 11.7 Å². The van der Waals surface area contributed by atoms with E-state index in [1.54, 1.807) is 4.90 Å². The van der Waals surface area contributed by atoms with Gasteiger partial charge in [0.15, 0.2) is 6.73 Å². The van der Waals surface area contributed by atoms with E-state index in [2.05, 4.69) is 5.32 Å². The molecule has 2 rings (SSSR count). The van der Waals surface area contributed by atoms with E-state index in [9.17, 15) is 4.79 Å². The fourth-order valence-electron chi connectivity index (χ4n) is 1.84. The summed E-state index contributed by atoms with van der Waals surface area (Å²) in [5.41, 5.74) is 0.868. The maximum atomic E-state index is 12.1. The standard InChI is InChI=1S/C16H18N2O2/c1-2-18(14-9-5-3-6-10-14)16(19)17-13-20-15-11-7-4-8-12-15/h3-12H,2,13H2,1H3,(H,17,19). The Hall–Kier alpha value is -2.49. The molecular formula is C16H18N2O2. The van der Waals surface area contributed by atoms with Crippen molar-refractivity contribution in [2.45, 2.75) is 6.92 Å². The van der Waals surface area contributed by atoms with E-state index >= 15 is 0 Å². The quantitative estimate of drug-likeness (QED) is 0.847. The van der Waals surface area contributed by atoms with Crippen LogP contribution in [0.1, 0.15) is 6.92 Å². The molecule has 0 bridgehead atoms. The lowest BCUT2D eigenvalue weighted by Crippen LogP contribution is -2.41. The highest BCUT2D eigenvalue weighted by Crippen LogP contribution is 2.13. The summed E-state index contributed by atoms with van der Waals surface area (Å²) in [6.07, 6.45) is 0. The van der Waals surface area contributed by atoms with Crippen LogP contribution in [0.4, 0.5) is 10.5 Å². The molecule has 0 aliphatic rings. The SMILES string of the molecule is CCN(C(=O)NCOc1ccccc1)c1ccccc1. The molecular weight excluding hydrogens is 252 g/mol. The Morgan fingerprint density at radius 1 is 1.05 bits per heavy atom. The fraction of sp³-hybridized carbons (Fsp3) is 0.188. The van der Waals surface area contributed by atoms with Crippen molar-refractivity contribution < 1.29 is 9.53 Å². The summed E-state index contributed by atoms with van der Waals surface area (Å²) in [7, 11) is 0. The molecule has 0 aromatic heterocycles. The van der Waals surface area contributed by atoms with Gasteiger partial charge in [-0.1, -0.05) is 36.4 Å². The Kier molecular flexibility index (Phi) is 5.00. The van der Waals surface area contributed by atoms with Gasteiger partial charge in [0.05, 0.1) is 0 Å². The molecule has 2 aromatic rings. The van der Waals surface area contributed by atoms with Gasteiger partial charge in [0.1, 0.15) is 5.75 Å². The average Bonchev–Trinajstić information content (AvgIpc) is 2.50. The van der Waals surface area contributed by atoms with Crippen molar-refractivity contribution in [3.63, 3.8) is 0 Å². The summed E-state index contributed by atoms with van der Waals surface area (Å²) in [6.45, 7) is 2.68. The predicted molar refractivity (Wildman–Crippen MR) is 79.9 cm³/mol. The van der Waals surface area contributed by atoms with Crippen molar-refractivity contribution in [1.82, 2.24) is 5.32 Å². The number of urea groups is 1. The topological polar surface area (TPSA) is 41.6 Å². The van der Waals surface area contributed by atoms with Crippen molar-refractivity contribution in [1.29, 1.82) is 0 Å². The van der Waals surface area contributed by atoms with E-state index in [4.69, 9.17) is 4.74 Å². The van der Waals surface area contributed by atoms with Gasteiger partial charge >= 0.3 is 6.03 Å². The van der Waals surface area contributed by atoms with Crippen LogP contribution in [0.2, 0.25) is 0 Å². The number of hydrogen-bond acceptors (Lipinski definition) is 2. The van der Waals surface area contributed by atoms with Crippen LogP contribution in [0, 0.1) is 0 Å². The highest BCUT2D eigenvalue weighted by molar-refractivity contribution is 5.91. The number of nitrogens with zero attached hydrogens (tertiary/aromatic N) is 1. The molecule has 0 aliphatic heterocycles. The molecule has 4 nitrogen and oxygen atoms in total. The number of nitrogens with one attached hydrogen (secondary N) is 1. The van der Waals surface area contributed by atoms with E-state index in [1.807, 2.05) is 67.6 Å². The number of carbonyl (C=O) groups is 1. The third-order valence-corrected chi connectivity index (χ3v) is 2.83. The maximum absolute atomic E-state index is 12.1. The predicted octanol–water partition coefficient (Wildman–Crippen LogP) is 3.26. The zero-order valence-corrected chi connectivity index (χ0v) is 11.5. The van der Waals surface area contributed by atoms with Gasteiger partial charge in [-0.3, -0.25) is 4.90 Å². The van der Waals surface area contributed by atoms with Gasteiger partial charge in [-0.05, 0) is 31.2 Å². The highest BCUT2D eigenvalue weighted by atomic mass is 16.5. The number of para-hydroxylation sites is 2. The number of ether oxygens (including phenoxy) is 1. The Bertz CT molecular complexity index is 529. The summed E-state index contributed by atoms with van der Waals surface area (Å²) < 4.78 is 5.45. The van der Waals surface area contributed by atoms with Gasteiger partial charge in [-0.15, -0.1) is 0 Å². The molecule has 0 saturated heterocycles. The zero-order valence-electron chi connectivity index (χ0n) is 11.5. The molecule has 20 heavy (non-hydrogen) atoms. The van der Waals surface area contributed by atoms with E-state index in [0.717, 1.165) is 11.4 Å². The van der Waals surface area contributed by atoms with Gasteiger partial charge in [0.2, 0.25) is 0 Å². The molecule has 0 radical (unpaired) electrons. The number of carbonyl (C=O) groups excluding carboxylic acids is 1. The molecule has 1 N–H and O–H groups in total. The molecule has 0 atom stereocenters.